The summed E-state index contributed by atoms with van der Waals surface area (Å²) in [6, 6.07) is 7.36. The van der Waals surface area contributed by atoms with Crippen LogP contribution in [0, 0.1) is 0 Å². The van der Waals surface area contributed by atoms with Crippen LogP contribution in [0.4, 0.5) is 0 Å². The van der Waals surface area contributed by atoms with Gasteiger partial charge in [0.1, 0.15) is 0 Å². The second-order valence-electron chi connectivity index (χ2n) is 5.81. The number of hydrogen-bond acceptors (Lipinski definition) is 2. The average molecular weight is 246 g/mol. The maximum absolute atomic E-state index is 5.77. The second kappa shape index (κ2) is 6.35. The Morgan fingerprint density at radius 3 is 2.83 bits per heavy atom. The molecule has 0 bridgehead atoms. The molecule has 100 valence electrons. The molecule has 0 saturated heterocycles. The fraction of sp³-hybridized carbons (Fsp3) is 0.625. The van der Waals surface area contributed by atoms with Crippen molar-refractivity contribution in [3.8, 4) is 0 Å². The van der Waals surface area contributed by atoms with Crippen LogP contribution in [0.15, 0.2) is 18.2 Å². The third kappa shape index (κ3) is 3.82. The highest BCUT2D eigenvalue weighted by Crippen LogP contribution is 2.23. The molecule has 0 amide bonds. The van der Waals surface area contributed by atoms with Gasteiger partial charge in [-0.05, 0) is 69.3 Å². The van der Waals surface area contributed by atoms with Gasteiger partial charge in [-0.15, -0.1) is 0 Å². The largest absolute Gasteiger partial charge is 0.328 e. The molecule has 0 spiro atoms. The first-order valence-electron chi connectivity index (χ1n) is 7.20. The van der Waals surface area contributed by atoms with Gasteiger partial charge in [0.2, 0.25) is 0 Å². The summed E-state index contributed by atoms with van der Waals surface area (Å²) in [4.78, 5) is 2.40. The molecule has 0 aromatic heterocycles. The molecule has 18 heavy (non-hydrogen) atoms. The number of fused-ring (bicyclic) bond motifs is 1. The summed E-state index contributed by atoms with van der Waals surface area (Å²) in [5.41, 5.74) is 10.4. The molecule has 1 unspecified atom stereocenters. The van der Waals surface area contributed by atoms with Gasteiger partial charge in [-0.3, -0.25) is 0 Å². The van der Waals surface area contributed by atoms with Crippen LogP contribution in [0.3, 0.4) is 0 Å². The maximum Gasteiger partial charge on any atom is 0.0230 e. The Hall–Kier alpha value is -0.860. The SMILES string of the molecule is CC(N)CCCN(C)Cc1ccc2c(c1)CCC2. The quantitative estimate of drug-likeness (QED) is 0.836. The minimum Gasteiger partial charge on any atom is -0.328 e. The third-order valence-electron chi connectivity index (χ3n) is 3.81. The van der Waals surface area contributed by atoms with E-state index in [1.807, 2.05) is 0 Å². The van der Waals surface area contributed by atoms with Gasteiger partial charge in [-0.2, -0.15) is 0 Å². The van der Waals surface area contributed by atoms with E-state index in [9.17, 15) is 0 Å². The number of hydrogen-bond donors (Lipinski definition) is 1. The van der Waals surface area contributed by atoms with Gasteiger partial charge in [-0.25, -0.2) is 0 Å². The van der Waals surface area contributed by atoms with Crippen LogP contribution in [-0.4, -0.2) is 24.5 Å². The fourth-order valence-corrected chi connectivity index (χ4v) is 2.80. The predicted molar refractivity (Wildman–Crippen MR) is 77.7 cm³/mol. The molecule has 1 atom stereocenters. The lowest BCUT2D eigenvalue weighted by Crippen LogP contribution is -2.22. The normalized spacial score (nSPS) is 16.0. The van der Waals surface area contributed by atoms with Crippen molar-refractivity contribution in [1.29, 1.82) is 0 Å². The lowest BCUT2D eigenvalue weighted by atomic mass is 10.1. The summed E-state index contributed by atoms with van der Waals surface area (Å²) in [5.74, 6) is 0. The Kier molecular flexibility index (Phi) is 4.79. The lowest BCUT2D eigenvalue weighted by Gasteiger charge is -2.17. The standard InChI is InChI=1S/C16H26N2/c1-13(17)5-4-10-18(2)12-14-8-9-15-6-3-7-16(15)11-14/h8-9,11,13H,3-7,10,12,17H2,1-2H3. The minimum atomic E-state index is 0.332. The molecule has 2 N–H and O–H groups in total. The summed E-state index contributed by atoms with van der Waals surface area (Å²) in [6.07, 6.45) is 6.20. The van der Waals surface area contributed by atoms with Crippen molar-refractivity contribution in [2.45, 2.75) is 51.6 Å². The van der Waals surface area contributed by atoms with E-state index in [1.165, 1.54) is 31.2 Å². The van der Waals surface area contributed by atoms with Gasteiger partial charge in [0, 0.05) is 12.6 Å². The molecule has 0 aliphatic heterocycles. The van der Waals surface area contributed by atoms with Crippen molar-refractivity contribution in [3.63, 3.8) is 0 Å². The van der Waals surface area contributed by atoms with Crippen molar-refractivity contribution in [3.05, 3.63) is 34.9 Å². The highest BCUT2D eigenvalue weighted by molar-refractivity contribution is 5.35. The van der Waals surface area contributed by atoms with Crippen molar-refractivity contribution in [2.75, 3.05) is 13.6 Å². The molecule has 0 radical (unpaired) electrons. The zero-order valence-electron chi connectivity index (χ0n) is 11.8. The summed E-state index contributed by atoms with van der Waals surface area (Å²) in [7, 11) is 2.20. The summed E-state index contributed by atoms with van der Waals surface area (Å²) in [5, 5.41) is 0. The van der Waals surface area contributed by atoms with Gasteiger partial charge in [0.05, 0.1) is 0 Å². The number of rotatable bonds is 6. The van der Waals surface area contributed by atoms with Crippen molar-refractivity contribution >= 4 is 0 Å². The molecule has 1 aromatic carbocycles. The van der Waals surface area contributed by atoms with Crippen LogP contribution in [0.25, 0.3) is 0 Å². The first-order chi connectivity index (χ1) is 8.65. The molecular formula is C16H26N2. The van der Waals surface area contributed by atoms with E-state index in [1.54, 1.807) is 11.1 Å². The number of aryl methyl sites for hydroxylation is 2. The Bertz CT molecular complexity index is 385. The van der Waals surface area contributed by atoms with E-state index in [0.717, 1.165) is 19.5 Å². The smallest absolute Gasteiger partial charge is 0.0230 e. The van der Waals surface area contributed by atoms with Crippen LogP contribution in [-0.2, 0) is 19.4 Å². The third-order valence-corrected chi connectivity index (χ3v) is 3.81. The van der Waals surface area contributed by atoms with Gasteiger partial charge in [0.15, 0.2) is 0 Å². The zero-order chi connectivity index (χ0) is 13.0. The van der Waals surface area contributed by atoms with Crippen molar-refractivity contribution < 1.29 is 0 Å². The van der Waals surface area contributed by atoms with Gasteiger partial charge < -0.3 is 10.6 Å². The molecule has 0 fully saturated rings. The molecule has 2 nitrogen and oxygen atoms in total. The Balaban J connectivity index is 1.82. The van der Waals surface area contributed by atoms with E-state index in [-0.39, 0.29) is 0 Å². The van der Waals surface area contributed by atoms with E-state index < -0.39 is 0 Å². The van der Waals surface area contributed by atoms with Gasteiger partial charge in [-0.1, -0.05) is 18.2 Å². The molecule has 0 heterocycles. The molecular weight excluding hydrogens is 220 g/mol. The Labute approximate surface area is 111 Å². The predicted octanol–water partition coefficient (Wildman–Crippen LogP) is 2.73. The first kappa shape index (κ1) is 13.6. The molecule has 1 aliphatic rings. The zero-order valence-corrected chi connectivity index (χ0v) is 11.8. The number of benzene rings is 1. The molecule has 0 saturated carbocycles. The molecule has 2 rings (SSSR count). The van der Waals surface area contributed by atoms with E-state index >= 15 is 0 Å². The Morgan fingerprint density at radius 1 is 1.28 bits per heavy atom. The monoisotopic (exact) mass is 246 g/mol. The van der Waals surface area contributed by atoms with Crippen molar-refractivity contribution in [2.24, 2.45) is 5.73 Å². The van der Waals surface area contributed by atoms with Gasteiger partial charge >= 0.3 is 0 Å². The maximum atomic E-state index is 5.77. The van der Waals surface area contributed by atoms with E-state index in [4.69, 9.17) is 5.73 Å². The van der Waals surface area contributed by atoms with Crippen LogP contribution in [0.2, 0.25) is 0 Å². The summed E-state index contributed by atoms with van der Waals surface area (Å²) >= 11 is 0. The minimum absolute atomic E-state index is 0.332. The average Bonchev–Trinajstić information content (AvgIpc) is 2.75. The lowest BCUT2D eigenvalue weighted by molar-refractivity contribution is 0.315. The van der Waals surface area contributed by atoms with Crippen LogP contribution in [0.1, 0.15) is 42.9 Å². The van der Waals surface area contributed by atoms with Crippen molar-refractivity contribution in [1.82, 2.24) is 4.90 Å². The van der Waals surface area contributed by atoms with Crippen LogP contribution in [0.5, 0.6) is 0 Å². The van der Waals surface area contributed by atoms with E-state index in [2.05, 4.69) is 37.1 Å². The van der Waals surface area contributed by atoms with Crippen LogP contribution >= 0.6 is 0 Å². The van der Waals surface area contributed by atoms with E-state index in [0.29, 0.717) is 6.04 Å². The fourth-order valence-electron chi connectivity index (χ4n) is 2.80. The molecule has 1 aromatic rings. The molecule has 1 aliphatic carbocycles. The highest BCUT2D eigenvalue weighted by Gasteiger charge is 2.11. The topological polar surface area (TPSA) is 29.3 Å². The highest BCUT2D eigenvalue weighted by atomic mass is 15.1. The summed E-state index contributed by atoms with van der Waals surface area (Å²) < 4.78 is 0. The number of nitrogens with two attached hydrogens (primary N) is 1. The summed E-state index contributed by atoms with van der Waals surface area (Å²) in [6.45, 7) is 4.28. The second-order valence-corrected chi connectivity index (χ2v) is 5.81. The van der Waals surface area contributed by atoms with Crippen LogP contribution < -0.4 is 5.73 Å². The van der Waals surface area contributed by atoms with Gasteiger partial charge in [0.25, 0.3) is 0 Å². The Morgan fingerprint density at radius 2 is 2.06 bits per heavy atom. The molecule has 2 heteroatoms. The number of nitrogens with zero attached hydrogens (tertiary/aromatic N) is 1. The first-order valence-corrected chi connectivity index (χ1v) is 7.20.